The van der Waals surface area contributed by atoms with Crippen LogP contribution in [0.2, 0.25) is 0 Å². The van der Waals surface area contributed by atoms with E-state index in [1.54, 1.807) is 13.1 Å². The van der Waals surface area contributed by atoms with E-state index in [0.717, 1.165) is 0 Å². The van der Waals surface area contributed by atoms with Gasteiger partial charge in [0.05, 0.1) is 7.05 Å². The minimum atomic E-state index is -1.03. The standard InChI is InChI=1S/C9H10N6O3/c1-14-12-9(11-13-14)10-8(18)6-3-2-4-15(6)5-7(16)17/h2-4H,5H2,1H3,(H,16,17)(H,10,12,18). The van der Waals surface area contributed by atoms with Gasteiger partial charge in [0, 0.05) is 6.20 Å². The first kappa shape index (κ1) is 11.8. The highest BCUT2D eigenvalue weighted by atomic mass is 16.4. The topological polar surface area (TPSA) is 115 Å². The SMILES string of the molecule is Cn1nnc(NC(=O)c2cccn2CC(=O)O)n1. The minimum absolute atomic E-state index is 0.0607. The van der Waals surface area contributed by atoms with Crippen molar-refractivity contribution in [2.24, 2.45) is 7.05 Å². The van der Waals surface area contributed by atoms with Crippen molar-refractivity contribution in [3.8, 4) is 0 Å². The fraction of sp³-hybridized carbons (Fsp3) is 0.222. The summed E-state index contributed by atoms with van der Waals surface area (Å²) in [6.07, 6.45) is 1.51. The molecule has 2 rings (SSSR count). The van der Waals surface area contributed by atoms with Crippen LogP contribution in [0.25, 0.3) is 0 Å². The predicted molar refractivity (Wildman–Crippen MR) is 58.8 cm³/mol. The lowest BCUT2D eigenvalue weighted by Crippen LogP contribution is -2.20. The quantitative estimate of drug-likeness (QED) is 0.745. The third kappa shape index (κ3) is 2.51. The Morgan fingerprint density at radius 1 is 1.50 bits per heavy atom. The molecule has 2 aromatic heterocycles. The highest BCUT2D eigenvalue weighted by Crippen LogP contribution is 2.05. The Kier molecular flexibility index (Phi) is 3.04. The van der Waals surface area contributed by atoms with Crippen molar-refractivity contribution in [1.82, 2.24) is 24.8 Å². The molecule has 0 spiro atoms. The predicted octanol–water partition coefficient (Wildman–Crippen LogP) is -0.652. The van der Waals surface area contributed by atoms with Gasteiger partial charge in [-0.25, -0.2) is 0 Å². The first-order valence-electron chi connectivity index (χ1n) is 4.98. The molecule has 2 aromatic rings. The maximum Gasteiger partial charge on any atom is 0.323 e. The van der Waals surface area contributed by atoms with Crippen molar-refractivity contribution in [1.29, 1.82) is 0 Å². The van der Waals surface area contributed by atoms with E-state index in [1.807, 2.05) is 0 Å². The third-order valence-electron chi connectivity index (χ3n) is 2.10. The fourth-order valence-corrected chi connectivity index (χ4v) is 1.40. The summed E-state index contributed by atoms with van der Waals surface area (Å²) in [5.74, 6) is -1.46. The monoisotopic (exact) mass is 250 g/mol. The second-order valence-corrected chi connectivity index (χ2v) is 3.47. The van der Waals surface area contributed by atoms with Gasteiger partial charge in [-0.3, -0.25) is 14.9 Å². The summed E-state index contributed by atoms with van der Waals surface area (Å²) in [4.78, 5) is 23.7. The summed E-state index contributed by atoms with van der Waals surface area (Å²) >= 11 is 0. The van der Waals surface area contributed by atoms with E-state index >= 15 is 0 Å². The summed E-state index contributed by atoms with van der Waals surface area (Å²) < 4.78 is 1.31. The van der Waals surface area contributed by atoms with E-state index in [1.165, 1.54) is 21.6 Å². The number of carbonyl (C=O) groups excluding carboxylic acids is 1. The number of anilines is 1. The smallest absolute Gasteiger partial charge is 0.323 e. The molecular weight excluding hydrogens is 240 g/mol. The van der Waals surface area contributed by atoms with Crippen molar-refractivity contribution >= 4 is 17.8 Å². The highest BCUT2D eigenvalue weighted by Gasteiger charge is 2.14. The van der Waals surface area contributed by atoms with Crippen molar-refractivity contribution in [3.63, 3.8) is 0 Å². The number of nitrogens with zero attached hydrogens (tertiary/aromatic N) is 5. The molecule has 0 unspecified atom stereocenters. The zero-order valence-corrected chi connectivity index (χ0v) is 9.44. The van der Waals surface area contributed by atoms with Gasteiger partial charge in [-0.1, -0.05) is 5.10 Å². The average Bonchev–Trinajstić information content (AvgIpc) is 2.87. The Balaban J connectivity index is 2.14. The maximum atomic E-state index is 11.8. The Morgan fingerprint density at radius 2 is 2.28 bits per heavy atom. The zero-order chi connectivity index (χ0) is 13.1. The van der Waals surface area contributed by atoms with Crippen molar-refractivity contribution in [2.45, 2.75) is 6.54 Å². The summed E-state index contributed by atoms with van der Waals surface area (Å²) in [5, 5.41) is 22.1. The molecule has 0 aromatic carbocycles. The normalized spacial score (nSPS) is 10.3. The summed E-state index contributed by atoms with van der Waals surface area (Å²) in [6, 6.07) is 3.09. The van der Waals surface area contributed by atoms with Crippen LogP contribution in [0.15, 0.2) is 18.3 Å². The van der Waals surface area contributed by atoms with Gasteiger partial charge in [-0.15, -0.1) is 5.10 Å². The Morgan fingerprint density at radius 3 is 2.89 bits per heavy atom. The third-order valence-corrected chi connectivity index (χ3v) is 2.10. The van der Waals surface area contributed by atoms with Gasteiger partial charge >= 0.3 is 5.97 Å². The van der Waals surface area contributed by atoms with Crippen molar-refractivity contribution < 1.29 is 14.7 Å². The van der Waals surface area contributed by atoms with Gasteiger partial charge in [-0.05, 0) is 17.3 Å². The second kappa shape index (κ2) is 4.65. The van der Waals surface area contributed by atoms with Crippen LogP contribution in [0.5, 0.6) is 0 Å². The first-order chi connectivity index (χ1) is 8.56. The second-order valence-electron chi connectivity index (χ2n) is 3.47. The van der Waals surface area contributed by atoms with Crippen LogP contribution < -0.4 is 5.32 Å². The summed E-state index contributed by atoms with van der Waals surface area (Å²) in [5.41, 5.74) is 0.213. The Bertz CT molecular complexity index is 587. The Labute approximate surface area is 101 Å². The molecular formula is C9H10N6O3. The molecule has 9 heteroatoms. The van der Waals surface area contributed by atoms with E-state index in [4.69, 9.17) is 5.11 Å². The molecule has 0 radical (unpaired) electrons. The molecule has 0 aliphatic carbocycles. The van der Waals surface area contributed by atoms with Crippen LogP contribution in [0.3, 0.4) is 0 Å². The molecule has 18 heavy (non-hydrogen) atoms. The number of aromatic nitrogens is 5. The number of aryl methyl sites for hydroxylation is 1. The van der Waals surface area contributed by atoms with E-state index in [9.17, 15) is 9.59 Å². The lowest BCUT2D eigenvalue weighted by molar-refractivity contribution is -0.137. The molecule has 0 aliphatic rings. The van der Waals surface area contributed by atoms with E-state index in [-0.39, 0.29) is 18.2 Å². The lowest BCUT2D eigenvalue weighted by Gasteiger charge is -2.04. The van der Waals surface area contributed by atoms with Crippen LogP contribution >= 0.6 is 0 Å². The highest BCUT2D eigenvalue weighted by molar-refractivity contribution is 6.02. The molecule has 0 saturated carbocycles. The number of carboxylic acid groups (broad SMARTS) is 1. The van der Waals surface area contributed by atoms with Gasteiger partial charge in [-0.2, -0.15) is 4.80 Å². The maximum absolute atomic E-state index is 11.8. The molecule has 9 nitrogen and oxygen atoms in total. The van der Waals surface area contributed by atoms with Gasteiger partial charge in [0.2, 0.25) is 0 Å². The van der Waals surface area contributed by atoms with E-state index in [0.29, 0.717) is 0 Å². The van der Waals surface area contributed by atoms with Crippen LogP contribution in [-0.4, -0.2) is 41.8 Å². The number of hydrogen-bond acceptors (Lipinski definition) is 5. The van der Waals surface area contributed by atoms with Gasteiger partial charge < -0.3 is 9.67 Å². The molecule has 0 atom stereocenters. The Hall–Kier alpha value is -2.71. The van der Waals surface area contributed by atoms with E-state index < -0.39 is 11.9 Å². The molecule has 2 N–H and O–H groups in total. The van der Waals surface area contributed by atoms with Crippen LogP contribution in [0, 0.1) is 0 Å². The van der Waals surface area contributed by atoms with Crippen molar-refractivity contribution in [3.05, 3.63) is 24.0 Å². The zero-order valence-electron chi connectivity index (χ0n) is 9.44. The van der Waals surface area contributed by atoms with Crippen molar-refractivity contribution in [2.75, 3.05) is 5.32 Å². The molecule has 2 heterocycles. The summed E-state index contributed by atoms with van der Waals surface area (Å²) in [6.45, 7) is -0.288. The number of aliphatic carboxylic acids is 1. The van der Waals surface area contributed by atoms with Crippen LogP contribution in [0.1, 0.15) is 10.5 Å². The summed E-state index contributed by atoms with van der Waals surface area (Å²) in [7, 11) is 1.57. The fourth-order valence-electron chi connectivity index (χ4n) is 1.40. The van der Waals surface area contributed by atoms with Gasteiger partial charge in [0.15, 0.2) is 0 Å². The number of hydrogen-bond donors (Lipinski definition) is 2. The lowest BCUT2D eigenvalue weighted by atomic mass is 10.4. The van der Waals surface area contributed by atoms with Crippen LogP contribution in [-0.2, 0) is 18.4 Å². The number of nitrogens with one attached hydrogen (secondary N) is 1. The molecule has 0 bridgehead atoms. The van der Waals surface area contributed by atoms with Gasteiger partial charge in [0.1, 0.15) is 12.2 Å². The van der Waals surface area contributed by atoms with Gasteiger partial charge in [0.25, 0.3) is 11.9 Å². The molecule has 0 aliphatic heterocycles. The minimum Gasteiger partial charge on any atom is -0.480 e. The largest absolute Gasteiger partial charge is 0.480 e. The van der Waals surface area contributed by atoms with E-state index in [2.05, 4.69) is 20.7 Å². The molecule has 94 valence electrons. The number of rotatable bonds is 4. The number of amides is 1. The molecule has 0 saturated heterocycles. The molecule has 1 amide bonds. The number of carboxylic acids is 1. The first-order valence-corrected chi connectivity index (χ1v) is 4.98. The number of carbonyl (C=O) groups is 2. The van der Waals surface area contributed by atoms with Crippen LogP contribution in [0.4, 0.5) is 5.95 Å². The average molecular weight is 250 g/mol. The molecule has 0 fully saturated rings. The number of tetrazole rings is 1.